The quantitative estimate of drug-likeness (QED) is 0.540. The molecule has 1 aromatic rings. The Morgan fingerprint density at radius 1 is 1.20 bits per heavy atom. The Morgan fingerprint density at radius 3 is 2.64 bits per heavy atom. The molecule has 1 amide bonds. The molecule has 4 atom stereocenters. The molecule has 25 heavy (non-hydrogen) atoms. The second-order valence-corrected chi connectivity index (χ2v) is 6.34. The van der Waals surface area contributed by atoms with Crippen molar-refractivity contribution in [2.75, 3.05) is 39.4 Å². The van der Waals surface area contributed by atoms with Crippen molar-refractivity contribution < 1.29 is 28.6 Å². The van der Waals surface area contributed by atoms with E-state index in [0.717, 1.165) is 0 Å². The fourth-order valence-corrected chi connectivity index (χ4v) is 3.77. The molecule has 4 rings (SSSR count). The van der Waals surface area contributed by atoms with E-state index in [-0.39, 0.29) is 24.7 Å². The van der Waals surface area contributed by atoms with Crippen LogP contribution < -0.4 is 0 Å². The molecule has 0 N–H and O–H groups in total. The van der Waals surface area contributed by atoms with Gasteiger partial charge in [0.1, 0.15) is 12.2 Å². The molecule has 10 nitrogen and oxygen atoms in total. The zero-order chi connectivity index (χ0) is 17.4. The van der Waals surface area contributed by atoms with Gasteiger partial charge in [-0.15, -0.1) is 10.1 Å². The molecule has 10 heteroatoms. The Balaban J connectivity index is 1.33. The smallest absolute Gasteiger partial charge is 0.294 e. The molecular formula is C15H19N3O7. The minimum Gasteiger partial charge on any atom is -0.459 e. The number of fused-ring (bicyclic) bond motifs is 1. The van der Waals surface area contributed by atoms with Crippen molar-refractivity contribution >= 4 is 5.91 Å². The van der Waals surface area contributed by atoms with Gasteiger partial charge in [0.15, 0.2) is 11.9 Å². The lowest BCUT2D eigenvalue weighted by Crippen LogP contribution is -2.55. The number of carbonyl (C=O) groups is 1. The molecule has 0 spiro atoms. The first-order chi connectivity index (χ1) is 12.1. The lowest BCUT2D eigenvalue weighted by Gasteiger charge is -2.38. The van der Waals surface area contributed by atoms with Crippen molar-refractivity contribution in [1.29, 1.82) is 0 Å². The van der Waals surface area contributed by atoms with E-state index in [0.29, 0.717) is 38.5 Å². The molecule has 0 aromatic carbocycles. The summed E-state index contributed by atoms with van der Waals surface area (Å²) in [5.41, 5.74) is 0. The van der Waals surface area contributed by atoms with Crippen molar-refractivity contribution in [3.05, 3.63) is 34.3 Å². The lowest BCUT2D eigenvalue weighted by molar-refractivity contribution is -0.769. The van der Waals surface area contributed by atoms with Crippen LogP contribution in [0.2, 0.25) is 0 Å². The molecule has 136 valence electrons. The molecule has 3 saturated heterocycles. The van der Waals surface area contributed by atoms with Crippen LogP contribution in [0.5, 0.6) is 0 Å². The Bertz CT molecular complexity index is 629. The lowest BCUT2D eigenvalue weighted by atomic mass is 10.1. The molecule has 0 unspecified atom stereocenters. The van der Waals surface area contributed by atoms with E-state index in [9.17, 15) is 14.9 Å². The third-order valence-electron chi connectivity index (χ3n) is 5.01. The Hall–Kier alpha value is -2.17. The zero-order valence-electron chi connectivity index (χ0n) is 13.5. The molecule has 0 radical (unpaired) electrons. The number of amides is 1. The van der Waals surface area contributed by atoms with Gasteiger partial charge < -0.3 is 23.6 Å². The SMILES string of the molecule is O=C(c1ccco1)N1CCN([C@H]2CO[C@H]3[C@@H]2OC[C@@H]3O[N+](=O)[O-])CC1. The van der Waals surface area contributed by atoms with Crippen LogP contribution in [0.1, 0.15) is 10.6 Å². The van der Waals surface area contributed by atoms with Crippen LogP contribution in [0.4, 0.5) is 0 Å². The minimum absolute atomic E-state index is 0.0196. The van der Waals surface area contributed by atoms with E-state index in [2.05, 4.69) is 9.74 Å². The summed E-state index contributed by atoms with van der Waals surface area (Å²) in [7, 11) is 0. The van der Waals surface area contributed by atoms with Gasteiger partial charge in [-0.2, -0.15) is 0 Å². The maximum atomic E-state index is 12.3. The summed E-state index contributed by atoms with van der Waals surface area (Å²) in [4.78, 5) is 31.5. The number of rotatable bonds is 4. The standard InChI is InChI=1S/C15H19N3O7/c19-15(11-2-1-7-22-11)17-5-3-16(4-6-17)10-8-23-14-12(25-18(20)21)9-24-13(10)14/h1-2,7,10,12-14H,3-6,8-9H2/t10-,12-,13+,14+/m0/s1. The Morgan fingerprint density at radius 2 is 1.96 bits per heavy atom. The fraction of sp³-hybridized carbons (Fsp3) is 0.667. The highest BCUT2D eigenvalue weighted by molar-refractivity contribution is 5.91. The molecule has 3 fully saturated rings. The van der Waals surface area contributed by atoms with Crippen LogP contribution in [-0.4, -0.2) is 84.5 Å². The first kappa shape index (κ1) is 16.3. The molecule has 3 aliphatic rings. The summed E-state index contributed by atoms with van der Waals surface area (Å²) >= 11 is 0. The van der Waals surface area contributed by atoms with Crippen LogP contribution in [0.15, 0.2) is 22.8 Å². The van der Waals surface area contributed by atoms with E-state index in [1.165, 1.54) is 6.26 Å². The van der Waals surface area contributed by atoms with Crippen LogP contribution in [0.3, 0.4) is 0 Å². The highest BCUT2D eigenvalue weighted by Crippen LogP contribution is 2.32. The zero-order valence-corrected chi connectivity index (χ0v) is 13.5. The van der Waals surface area contributed by atoms with Gasteiger partial charge in [0, 0.05) is 26.2 Å². The van der Waals surface area contributed by atoms with Crippen molar-refractivity contribution in [3.8, 4) is 0 Å². The van der Waals surface area contributed by atoms with Gasteiger partial charge in [-0.05, 0) is 12.1 Å². The highest BCUT2D eigenvalue weighted by atomic mass is 17.0. The van der Waals surface area contributed by atoms with E-state index < -0.39 is 17.3 Å². The molecule has 3 aliphatic heterocycles. The maximum Gasteiger partial charge on any atom is 0.294 e. The van der Waals surface area contributed by atoms with Crippen LogP contribution in [0, 0.1) is 10.1 Å². The Kier molecular flexibility index (Phi) is 4.32. The fourth-order valence-electron chi connectivity index (χ4n) is 3.77. The highest BCUT2D eigenvalue weighted by Gasteiger charge is 2.51. The molecular weight excluding hydrogens is 334 g/mol. The first-order valence-electron chi connectivity index (χ1n) is 8.24. The minimum atomic E-state index is -0.799. The number of ether oxygens (including phenoxy) is 2. The topological polar surface area (TPSA) is 108 Å². The number of furan rings is 1. The van der Waals surface area contributed by atoms with Gasteiger partial charge in [-0.3, -0.25) is 9.69 Å². The molecule has 0 bridgehead atoms. The van der Waals surface area contributed by atoms with Crippen molar-refractivity contribution in [2.24, 2.45) is 0 Å². The second-order valence-electron chi connectivity index (χ2n) is 6.34. The molecule has 1 aromatic heterocycles. The van der Waals surface area contributed by atoms with Crippen LogP contribution in [0.25, 0.3) is 0 Å². The van der Waals surface area contributed by atoms with E-state index in [1.807, 2.05) is 0 Å². The largest absolute Gasteiger partial charge is 0.459 e. The van der Waals surface area contributed by atoms with Gasteiger partial charge in [0.25, 0.3) is 11.0 Å². The molecule has 0 aliphatic carbocycles. The first-order valence-corrected chi connectivity index (χ1v) is 8.24. The van der Waals surface area contributed by atoms with E-state index in [1.54, 1.807) is 17.0 Å². The molecule has 4 heterocycles. The maximum absolute atomic E-state index is 12.3. The summed E-state index contributed by atoms with van der Waals surface area (Å²) < 4.78 is 16.6. The van der Waals surface area contributed by atoms with Crippen LogP contribution >= 0.6 is 0 Å². The summed E-state index contributed by atoms with van der Waals surface area (Å²) in [5, 5.41) is 9.74. The monoisotopic (exact) mass is 353 g/mol. The number of hydrogen-bond acceptors (Lipinski definition) is 8. The van der Waals surface area contributed by atoms with Gasteiger partial charge >= 0.3 is 0 Å². The third-order valence-corrected chi connectivity index (χ3v) is 5.01. The van der Waals surface area contributed by atoms with Crippen LogP contribution in [-0.2, 0) is 14.3 Å². The summed E-state index contributed by atoms with van der Waals surface area (Å²) in [6, 6.07) is 3.37. The number of piperazine rings is 1. The number of nitrogens with zero attached hydrogens (tertiary/aromatic N) is 3. The van der Waals surface area contributed by atoms with Crippen molar-refractivity contribution in [2.45, 2.75) is 24.4 Å². The summed E-state index contributed by atoms with van der Waals surface area (Å²) in [6.07, 6.45) is 0.155. The Labute approximate surface area is 143 Å². The molecule has 0 saturated carbocycles. The summed E-state index contributed by atoms with van der Waals surface area (Å²) in [6.45, 7) is 3.15. The van der Waals surface area contributed by atoms with Gasteiger partial charge in [-0.25, -0.2) is 0 Å². The van der Waals surface area contributed by atoms with Crippen molar-refractivity contribution in [3.63, 3.8) is 0 Å². The summed E-state index contributed by atoms with van der Waals surface area (Å²) in [5.74, 6) is 0.235. The van der Waals surface area contributed by atoms with E-state index in [4.69, 9.17) is 13.9 Å². The van der Waals surface area contributed by atoms with Crippen molar-refractivity contribution in [1.82, 2.24) is 9.80 Å². The predicted molar refractivity (Wildman–Crippen MR) is 81.3 cm³/mol. The predicted octanol–water partition coefficient (Wildman–Crippen LogP) is -0.219. The van der Waals surface area contributed by atoms with E-state index >= 15 is 0 Å². The third kappa shape index (κ3) is 3.08. The average Bonchev–Trinajstić information content (AvgIpc) is 3.33. The normalized spacial score (nSPS) is 32.6. The van der Waals surface area contributed by atoms with Gasteiger partial charge in [0.2, 0.25) is 0 Å². The number of hydrogen-bond donors (Lipinski definition) is 0. The second kappa shape index (κ2) is 6.62. The van der Waals surface area contributed by atoms with Gasteiger partial charge in [-0.1, -0.05) is 0 Å². The van der Waals surface area contributed by atoms with Gasteiger partial charge in [0.05, 0.1) is 25.5 Å². The number of carbonyl (C=O) groups excluding carboxylic acids is 1. The average molecular weight is 353 g/mol.